The number of carbonyl (C=O) groups is 2. The molecule has 0 radical (unpaired) electrons. The fourth-order valence-corrected chi connectivity index (χ4v) is 2.70. The molecule has 2 amide bonds. The van der Waals surface area contributed by atoms with E-state index in [1.54, 1.807) is 29.3 Å². The van der Waals surface area contributed by atoms with E-state index in [0.29, 0.717) is 38.3 Å². The summed E-state index contributed by atoms with van der Waals surface area (Å²) in [6.07, 6.45) is 4.09. The van der Waals surface area contributed by atoms with Crippen LogP contribution in [-0.4, -0.2) is 48.4 Å². The molecule has 0 unspecified atom stereocenters. The highest BCUT2D eigenvalue weighted by molar-refractivity contribution is 5.94. The summed E-state index contributed by atoms with van der Waals surface area (Å²) in [5.74, 6) is -0.535. The van der Waals surface area contributed by atoms with Crippen LogP contribution < -0.4 is 10.2 Å². The molecule has 0 atom stereocenters. The lowest BCUT2D eigenvalue weighted by Crippen LogP contribution is -2.45. The van der Waals surface area contributed by atoms with Crippen LogP contribution in [-0.2, 0) is 11.3 Å². The Morgan fingerprint density at radius 3 is 2.56 bits per heavy atom. The average Bonchev–Trinajstić information content (AvgIpc) is 2.67. The van der Waals surface area contributed by atoms with Crippen molar-refractivity contribution in [3.63, 3.8) is 0 Å². The van der Waals surface area contributed by atoms with Gasteiger partial charge >= 0.3 is 0 Å². The van der Waals surface area contributed by atoms with Gasteiger partial charge in [-0.2, -0.15) is 0 Å². The monoisotopic (exact) mass is 342 g/mol. The first-order chi connectivity index (χ1) is 12.2. The van der Waals surface area contributed by atoms with Gasteiger partial charge in [-0.3, -0.25) is 14.6 Å². The van der Waals surface area contributed by atoms with Crippen LogP contribution in [0, 0.1) is 5.82 Å². The van der Waals surface area contributed by atoms with Crippen molar-refractivity contribution < 1.29 is 14.0 Å². The van der Waals surface area contributed by atoms with E-state index in [1.807, 2.05) is 0 Å². The van der Waals surface area contributed by atoms with Gasteiger partial charge in [-0.05, 0) is 23.8 Å². The summed E-state index contributed by atoms with van der Waals surface area (Å²) in [4.78, 5) is 31.1. The van der Waals surface area contributed by atoms with Gasteiger partial charge in [0, 0.05) is 38.9 Å². The predicted molar refractivity (Wildman–Crippen MR) is 91.7 cm³/mol. The number of halogens is 1. The molecule has 0 aliphatic carbocycles. The SMILES string of the molecule is O=CN1CCN(c2cncc(C(=O)NCc3ccc(F)cc3)c2)CC1. The largest absolute Gasteiger partial charge is 0.367 e. The molecule has 0 saturated carbocycles. The van der Waals surface area contributed by atoms with Gasteiger partial charge in [-0.1, -0.05) is 12.1 Å². The molecule has 7 heteroatoms. The molecule has 1 aromatic carbocycles. The molecule has 2 heterocycles. The Balaban J connectivity index is 1.61. The molecule has 1 aromatic heterocycles. The van der Waals surface area contributed by atoms with E-state index in [1.165, 1.54) is 18.3 Å². The zero-order chi connectivity index (χ0) is 17.6. The highest BCUT2D eigenvalue weighted by Gasteiger charge is 2.17. The van der Waals surface area contributed by atoms with Gasteiger partial charge in [0.05, 0.1) is 17.4 Å². The standard InChI is InChI=1S/C18H19FN4O2/c19-16-3-1-14(2-4-16)10-21-18(25)15-9-17(12-20-11-15)23-7-5-22(13-24)6-8-23/h1-4,9,11-13H,5-8,10H2,(H,21,25). The first-order valence-corrected chi connectivity index (χ1v) is 8.08. The Morgan fingerprint density at radius 2 is 1.88 bits per heavy atom. The third kappa shape index (κ3) is 4.32. The maximum atomic E-state index is 12.9. The molecule has 1 fully saturated rings. The van der Waals surface area contributed by atoms with E-state index in [2.05, 4.69) is 15.2 Å². The number of pyridine rings is 1. The van der Waals surface area contributed by atoms with Gasteiger partial charge < -0.3 is 15.1 Å². The molecule has 25 heavy (non-hydrogen) atoms. The van der Waals surface area contributed by atoms with Gasteiger partial charge in [0.2, 0.25) is 6.41 Å². The lowest BCUT2D eigenvalue weighted by molar-refractivity contribution is -0.118. The average molecular weight is 342 g/mol. The van der Waals surface area contributed by atoms with E-state index in [9.17, 15) is 14.0 Å². The quantitative estimate of drug-likeness (QED) is 0.835. The minimum atomic E-state index is -0.304. The number of nitrogens with zero attached hydrogens (tertiary/aromatic N) is 3. The highest BCUT2D eigenvalue weighted by atomic mass is 19.1. The lowest BCUT2D eigenvalue weighted by Gasteiger charge is -2.34. The van der Waals surface area contributed by atoms with Crippen LogP contribution >= 0.6 is 0 Å². The van der Waals surface area contributed by atoms with E-state index < -0.39 is 0 Å². The van der Waals surface area contributed by atoms with Crippen LogP contribution in [0.5, 0.6) is 0 Å². The molecule has 0 bridgehead atoms. The number of amides is 2. The van der Waals surface area contributed by atoms with Crippen LogP contribution in [0.4, 0.5) is 10.1 Å². The molecule has 2 aromatic rings. The topological polar surface area (TPSA) is 65.5 Å². The number of piperazine rings is 1. The van der Waals surface area contributed by atoms with Gasteiger partial charge in [0.25, 0.3) is 5.91 Å². The first-order valence-electron chi connectivity index (χ1n) is 8.08. The molecule has 1 saturated heterocycles. The van der Waals surface area contributed by atoms with Crippen molar-refractivity contribution in [3.05, 3.63) is 59.7 Å². The van der Waals surface area contributed by atoms with Crippen LogP contribution in [0.3, 0.4) is 0 Å². The summed E-state index contributed by atoms with van der Waals surface area (Å²) >= 11 is 0. The van der Waals surface area contributed by atoms with Gasteiger partial charge in [-0.15, -0.1) is 0 Å². The molecular formula is C18H19FN4O2. The minimum Gasteiger partial charge on any atom is -0.367 e. The summed E-state index contributed by atoms with van der Waals surface area (Å²) in [5.41, 5.74) is 2.15. The third-order valence-electron chi connectivity index (χ3n) is 4.18. The van der Waals surface area contributed by atoms with Crippen molar-refractivity contribution >= 4 is 18.0 Å². The van der Waals surface area contributed by atoms with E-state index in [0.717, 1.165) is 17.7 Å². The Morgan fingerprint density at radius 1 is 1.16 bits per heavy atom. The smallest absolute Gasteiger partial charge is 0.253 e. The Labute approximate surface area is 145 Å². The number of aromatic nitrogens is 1. The number of hydrogen-bond acceptors (Lipinski definition) is 4. The van der Waals surface area contributed by atoms with Crippen molar-refractivity contribution in [2.24, 2.45) is 0 Å². The van der Waals surface area contributed by atoms with Gasteiger partial charge in [-0.25, -0.2) is 4.39 Å². The van der Waals surface area contributed by atoms with Crippen LogP contribution in [0.15, 0.2) is 42.7 Å². The van der Waals surface area contributed by atoms with E-state index in [-0.39, 0.29) is 11.7 Å². The maximum absolute atomic E-state index is 12.9. The maximum Gasteiger partial charge on any atom is 0.253 e. The molecular weight excluding hydrogens is 323 g/mol. The Kier molecular flexibility index (Phi) is 5.23. The number of hydrogen-bond donors (Lipinski definition) is 1. The first kappa shape index (κ1) is 16.9. The number of carbonyl (C=O) groups excluding carboxylic acids is 2. The van der Waals surface area contributed by atoms with Crippen molar-refractivity contribution in [2.45, 2.75) is 6.54 Å². The molecule has 1 N–H and O–H groups in total. The molecule has 6 nitrogen and oxygen atoms in total. The van der Waals surface area contributed by atoms with Gasteiger partial charge in [0.1, 0.15) is 5.82 Å². The molecule has 3 rings (SSSR count). The summed E-state index contributed by atoms with van der Waals surface area (Å²) in [5, 5.41) is 2.81. The van der Waals surface area contributed by atoms with Crippen LogP contribution in [0.1, 0.15) is 15.9 Å². The van der Waals surface area contributed by atoms with Crippen molar-refractivity contribution in [3.8, 4) is 0 Å². The number of anilines is 1. The normalized spacial score (nSPS) is 14.3. The summed E-state index contributed by atoms with van der Waals surface area (Å²) in [6, 6.07) is 7.79. The molecule has 1 aliphatic rings. The second-order valence-corrected chi connectivity index (χ2v) is 5.87. The van der Waals surface area contributed by atoms with E-state index in [4.69, 9.17) is 0 Å². The Bertz CT molecular complexity index is 743. The lowest BCUT2D eigenvalue weighted by atomic mass is 10.2. The Hall–Kier alpha value is -2.96. The number of nitrogens with one attached hydrogen (secondary N) is 1. The van der Waals surface area contributed by atoms with Crippen molar-refractivity contribution in [1.29, 1.82) is 0 Å². The minimum absolute atomic E-state index is 0.231. The van der Waals surface area contributed by atoms with Gasteiger partial charge in [0.15, 0.2) is 0 Å². The van der Waals surface area contributed by atoms with Crippen molar-refractivity contribution in [1.82, 2.24) is 15.2 Å². The zero-order valence-electron chi connectivity index (χ0n) is 13.7. The molecule has 0 spiro atoms. The highest BCUT2D eigenvalue weighted by Crippen LogP contribution is 2.16. The number of rotatable bonds is 5. The zero-order valence-corrected chi connectivity index (χ0v) is 13.7. The molecule has 1 aliphatic heterocycles. The third-order valence-corrected chi connectivity index (χ3v) is 4.18. The second kappa shape index (κ2) is 7.74. The summed E-state index contributed by atoms with van der Waals surface area (Å²) < 4.78 is 12.9. The molecule has 130 valence electrons. The van der Waals surface area contributed by atoms with Crippen LogP contribution in [0.2, 0.25) is 0 Å². The predicted octanol–water partition coefficient (Wildman–Crippen LogP) is 1.43. The number of benzene rings is 1. The fraction of sp³-hybridized carbons (Fsp3) is 0.278. The van der Waals surface area contributed by atoms with Crippen molar-refractivity contribution in [2.75, 3.05) is 31.1 Å². The summed E-state index contributed by atoms with van der Waals surface area (Å²) in [7, 11) is 0. The summed E-state index contributed by atoms with van der Waals surface area (Å²) in [6.45, 7) is 3.05. The fourth-order valence-electron chi connectivity index (χ4n) is 2.70. The second-order valence-electron chi connectivity index (χ2n) is 5.87. The van der Waals surface area contributed by atoms with Crippen LogP contribution in [0.25, 0.3) is 0 Å². The van der Waals surface area contributed by atoms with E-state index >= 15 is 0 Å².